The van der Waals surface area contributed by atoms with Crippen LogP contribution < -0.4 is 5.32 Å². The van der Waals surface area contributed by atoms with E-state index >= 15 is 0 Å². The Balaban J connectivity index is 1.36. The van der Waals surface area contributed by atoms with E-state index in [-0.39, 0.29) is 5.91 Å². The molecule has 0 bridgehead atoms. The van der Waals surface area contributed by atoms with Crippen LogP contribution in [0.25, 0.3) is 11.1 Å². The van der Waals surface area contributed by atoms with Gasteiger partial charge in [0.1, 0.15) is 0 Å². The maximum absolute atomic E-state index is 12.8. The van der Waals surface area contributed by atoms with Crippen molar-refractivity contribution in [1.29, 1.82) is 0 Å². The van der Waals surface area contributed by atoms with Gasteiger partial charge >= 0.3 is 0 Å². The summed E-state index contributed by atoms with van der Waals surface area (Å²) in [4.78, 5) is 17.9. The van der Waals surface area contributed by atoms with E-state index in [1.807, 2.05) is 54.6 Å². The minimum Gasteiger partial charge on any atom is -0.322 e. The van der Waals surface area contributed by atoms with Gasteiger partial charge in [0.05, 0.1) is 0 Å². The third-order valence-electron chi connectivity index (χ3n) is 6.07. The second-order valence-corrected chi connectivity index (χ2v) is 8.57. The Morgan fingerprint density at radius 3 is 2.31 bits per heavy atom. The van der Waals surface area contributed by atoms with Gasteiger partial charge < -0.3 is 10.2 Å². The maximum atomic E-state index is 12.8. The molecule has 3 aromatic carbocycles. The Kier molecular flexibility index (Phi) is 7.70. The van der Waals surface area contributed by atoms with Gasteiger partial charge in [-0.05, 0) is 73.4 Å². The van der Waals surface area contributed by atoms with Gasteiger partial charge in [-0.15, -0.1) is 0 Å². The van der Waals surface area contributed by atoms with Crippen molar-refractivity contribution in [3.63, 3.8) is 0 Å². The molecule has 0 spiro atoms. The first-order valence-corrected chi connectivity index (χ1v) is 11.7. The number of hydrogen-bond acceptors (Lipinski definition) is 3. The smallest absolute Gasteiger partial charge is 0.255 e. The molecule has 4 rings (SSSR count). The number of anilines is 1. The van der Waals surface area contributed by atoms with Crippen molar-refractivity contribution in [3.05, 3.63) is 90.0 Å². The second kappa shape index (κ2) is 11.1. The Morgan fingerprint density at radius 1 is 0.812 bits per heavy atom. The van der Waals surface area contributed by atoms with E-state index in [0.717, 1.165) is 43.0 Å². The lowest BCUT2D eigenvalue weighted by Gasteiger charge is -2.21. The summed E-state index contributed by atoms with van der Waals surface area (Å²) in [5, 5.41) is 3.07. The highest BCUT2D eigenvalue weighted by molar-refractivity contribution is 6.04. The third kappa shape index (κ3) is 6.06. The zero-order valence-corrected chi connectivity index (χ0v) is 19.0. The van der Waals surface area contributed by atoms with Crippen molar-refractivity contribution >= 4 is 11.6 Å². The van der Waals surface area contributed by atoms with Gasteiger partial charge in [0, 0.05) is 30.9 Å². The predicted octanol–water partition coefficient (Wildman–Crippen LogP) is 5.52. The summed E-state index contributed by atoms with van der Waals surface area (Å²) in [7, 11) is 0. The summed E-state index contributed by atoms with van der Waals surface area (Å²) >= 11 is 0. The van der Waals surface area contributed by atoms with Crippen molar-refractivity contribution < 1.29 is 4.79 Å². The van der Waals surface area contributed by atoms with Crippen LogP contribution in [-0.2, 0) is 6.54 Å². The van der Waals surface area contributed by atoms with E-state index in [9.17, 15) is 4.79 Å². The molecule has 166 valence electrons. The van der Waals surface area contributed by atoms with Gasteiger partial charge in [0.2, 0.25) is 0 Å². The molecule has 1 aliphatic rings. The fraction of sp³-hybridized carbons (Fsp3) is 0.321. The molecular weight excluding hydrogens is 394 g/mol. The summed E-state index contributed by atoms with van der Waals surface area (Å²) in [5.74, 6) is -0.0771. The van der Waals surface area contributed by atoms with E-state index in [4.69, 9.17) is 0 Å². The Bertz CT molecular complexity index is 1000. The fourth-order valence-electron chi connectivity index (χ4n) is 4.38. The molecule has 1 saturated heterocycles. The van der Waals surface area contributed by atoms with Gasteiger partial charge in [0.25, 0.3) is 5.91 Å². The van der Waals surface area contributed by atoms with E-state index < -0.39 is 0 Å². The van der Waals surface area contributed by atoms with Crippen molar-refractivity contribution in [2.45, 2.75) is 26.3 Å². The number of benzene rings is 3. The molecule has 0 saturated carbocycles. The van der Waals surface area contributed by atoms with Crippen LogP contribution >= 0.6 is 0 Å². The molecule has 0 atom stereocenters. The number of carbonyl (C=O) groups excluding carboxylic acids is 1. The molecule has 0 aromatic heterocycles. The molecule has 4 heteroatoms. The van der Waals surface area contributed by atoms with Crippen LogP contribution in [0, 0.1) is 0 Å². The average Bonchev–Trinajstić information content (AvgIpc) is 3.05. The topological polar surface area (TPSA) is 35.6 Å². The lowest BCUT2D eigenvalue weighted by molar-refractivity contribution is 0.102. The normalized spacial score (nSPS) is 15.3. The first-order valence-electron chi connectivity index (χ1n) is 11.7. The van der Waals surface area contributed by atoms with Crippen molar-refractivity contribution in [1.82, 2.24) is 9.80 Å². The first kappa shape index (κ1) is 22.3. The molecule has 4 nitrogen and oxygen atoms in total. The molecule has 0 aliphatic carbocycles. The minimum atomic E-state index is -0.0771. The lowest BCUT2D eigenvalue weighted by Crippen LogP contribution is -2.31. The summed E-state index contributed by atoms with van der Waals surface area (Å²) < 4.78 is 0. The van der Waals surface area contributed by atoms with Gasteiger partial charge in [0.15, 0.2) is 0 Å². The van der Waals surface area contributed by atoms with Gasteiger partial charge in [-0.2, -0.15) is 0 Å². The number of nitrogens with one attached hydrogen (secondary N) is 1. The zero-order valence-electron chi connectivity index (χ0n) is 19.0. The quantitative estimate of drug-likeness (QED) is 0.539. The van der Waals surface area contributed by atoms with Crippen LogP contribution in [0.4, 0.5) is 5.69 Å². The minimum absolute atomic E-state index is 0.0771. The molecule has 1 N–H and O–H groups in total. The summed E-state index contributed by atoms with van der Waals surface area (Å²) in [6.45, 7) is 8.94. The van der Waals surface area contributed by atoms with Crippen LogP contribution in [0.2, 0.25) is 0 Å². The Morgan fingerprint density at radius 2 is 1.53 bits per heavy atom. The molecule has 1 amide bonds. The van der Waals surface area contributed by atoms with Gasteiger partial charge in [-0.1, -0.05) is 61.5 Å². The highest BCUT2D eigenvalue weighted by Gasteiger charge is 2.15. The largest absolute Gasteiger partial charge is 0.322 e. The lowest BCUT2D eigenvalue weighted by atomic mass is 10.0. The maximum Gasteiger partial charge on any atom is 0.255 e. The third-order valence-corrected chi connectivity index (χ3v) is 6.07. The fourth-order valence-corrected chi connectivity index (χ4v) is 4.38. The van der Waals surface area contributed by atoms with Gasteiger partial charge in [-0.25, -0.2) is 0 Å². The van der Waals surface area contributed by atoms with Crippen LogP contribution in [-0.4, -0.2) is 48.4 Å². The monoisotopic (exact) mass is 427 g/mol. The number of carbonyl (C=O) groups is 1. The highest BCUT2D eigenvalue weighted by Crippen LogP contribution is 2.20. The molecule has 1 aliphatic heterocycles. The number of hydrogen-bond donors (Lipinski definition) is 1. The van der Waals surface area contributed by atoms with Crippen LogP contribution in [0.3, 0.4) is 0 Å². The molecule has 32 heavy (non-hydrogen) atoms. The summed E-state index contributed by atoms with van der Waals surface area (Å²) in [5.41, 5.74) is 5.02. The van der Waals surface area contributed by atoms with Crippen LogP contribution in [0.15, 0.2) is 78.9 Å². The molecule has 0 radical (unpaired) electrons. The SMILES string of the molecule is CCCN1CCCN(Cc2cccc(NC(=O)c3ccc(-c4ccccc4)cc3)c2)CC1. The van der Waals surface area contributed by atoms with Crippen molar-refractivity contribution in [2.75, 3.05) is 38.0 Å². The van der Waals surface area contributed by atoms with E-state index in [1.54, 1.807) is 0 Å². The highest BCUT2D eigenvalue weighted by atomic mass is 16.1. The molecule has 1 heterocycles. The molecular formula is C28H33N3O. The van der Waals surface area contributed by atoms with E-state index in [1.165, 1.54) is 31.5 Å². The standard InChI is InChI=1S/C28H33N3O/c1-2-16-30-17-7-18-31(20-19-30)22-23-8-6-11-27(21-23)29-28(32)26-14-12-25(13-15-26)24-9-4-3-5-10-24/h3-6,8-15,21H,2,7,16-20,22H2,1H3,(H,29,32). The molecule has 0 unspecified atom stereocenters. The number of amides is 1. The average molecular weight is 428 g/mol. The van der Waals surface area contributed by atoms with E-state index in [0.29, 0.717) is 5.56 Å². The first-order chi connectivity index (χ1) is 15.7. The number of nitrogens with zero attached hydrogens (tertiary/aromatic N) is 2. The Labute approximate surface area is 191 Å². The van der Waals surface area contributed by atoms with Crippen LogP contribution in [0.1, 0.15) is 35.7 Å². The van der Waals surface area contributed by atoms with E-state index in [2.05, 4.69) is 46.3 Å². The second-order valence-electron chi connectivity index (χ2n) is 8.57. The van der Waals surface area contributed by atoms with Gasteiger partial charge in [-0.3, -0.25) is 9.69 Å². The zero-order chi connectivity index (χ0) is 22.2. The molecule has 1 fully saturated rings. The summed E-state index contributed by atoms with van der Waals surface area (Å²) in [6.07, 6.45) is 2.44. The molecule has 3 aromatic rings. The summed E-state index contributed by atoms with van der Waals surface area (Å²) in [6, 6.07) is 26.2. The van der Waals surface area contributed by atoms with Crippen molar-refractivity contribution in [3.8, 4) is 11.1 Å². The van der Waals surface area contributed by atoms with Crippen LogP contribution in [0.5, 0.6) is 0 Å². The Hall–Kier alpha value is -2.95. The van der Waals surface area contributed by atoms with Crippen molar-refractivity contribution in [2.24, 2.45) is 0 Å². The predicted molar refractivity (Wildman–Crippen MR) is 133 cm³/mol. The number of rotatable bonds is 7.